The fourth-order valence-corrected chi connectivity index (χ4v) is 4.57. The van der Waals surface area contributed by atoms with Crippen LogP contribution in [0.15, 0.2) is 48.5 Å². The molecule has 1 N–H and O–H groups in total. The van der Waals surface area contributed by atoms with Gasteiger partial charge in [-0.1, -0.05) is 48.5 Å². The lowest BCUT2D eigenvalue weighted by atomic mass is 9.91. The maximum Gasteiger partial charge on any atom is 0.409 e. The maximum atomic E-state index is 12.6. The average Bonchev–Trinajstić information content (AvgIpc) is 3.05. The van der Waals surface area contributed by atoms with Gasteiger partial charge in [-0.25, -0.2) is 4.79 Å². The van der Waals surface area contributed by atoms with Crippen LogP contribution in [0.25, 0.3) is 11.1 Å². The minimum atomic E-state index is -0.236. The number of aliphatic hydroxyl groups is 1. The van der Waals surface area contributed by atoms with E-state index in [0.717, 1.165) is 38.8 Å². The molecule has 2 aromatic carbocycles. The van der Waals surface area contributed by atoms with E-state index in [2.05, 4.69) is 48.5 Å². The van der Waals surface area contributed by atoms with Crippen molar-refractivity contribution in [3.05, 3.63) is 59.7 Å². The fourth-order valence-electron chi connectivity index (χ4n) is 4.57. The summed E-state index contributed by atoms with van der Waals surface area (Å²) in [5, 5.41) is 9.45. The Bertz CT molecular complexity index is 779. The van der Waals surface area contributed by atoms with Gasteiger partial charge in [-0.2, -0.15) is 0 Å². The van der Waals surface area contributed by atoms with E-state index in [0.29, 0.717) is 12.5 Å². The highest BCUT2D eigenvalue weighted by molar-refractivity contribution is 5.79. The predicted molar refractivity (Wildman–Crippen MR) is 110 cm³/mol. The first-order valence-corrected chi connectivity index (χ1v) is 10.4. The van der Waals surface area contributed by atoms with E-state index in [1.807, 2.05) is 11.8 Å². The molecule has 1 atom stereocenters. The molecule has 0 radical (unpaired) electrons. The molecule has 2 aromatic rings. The molecule has 1 heterocycles. The summed E-state index contributed by atoms with van der Waals surface area (Å²) in [6, 6.07) is 16.8. The number of amides is 1. The van der Waals surface area contributed by atoms with Gasteiger partial charge in [0.2, 0.25) is 0 Å². The molecular formula is C24H29NO3. The summed E-state index contributed by atoms with van der Waals surface area (Å²) in [7, 11) is 0. The maximum absolute atomic E-state index is 12.6. The highest BCUT2D eigenvalue weighted by Crippen LogP contribution is 2.44. The molecule has 1 unspecified atom stereocenters. The third-order valence-electron chi connectivity index (χ3n) is 6.20. The summed E-state index contributed by atoms with van der Waals surface area (Å²) in [4.78, 5) is 14.5. The minimum Gasteiger partial charge on any atom is -0.448 e. The Hall–Kier alpha value is -2.33. The summed E-state index contributed by atoms with van der Waals surface area (Å²) < 4.78 is 5.76. The number of piperidine rings is 1. The van der Waals surface area contributed by atoms with Gasteiger partial charge in [-0.3, -0.25) is 0 Å². The zero-order valence-corrected chi connectivity index (χ0v) is 16.5. The van der Waals surface area contributed by atoms with Crippen LogP contribution in [-0.4, -0.2) is 41.9 Å². The number of ether oxygens (including phenoxy) is 1. The number of nitrogens with zero attached hydrogens (tertiary/aromatic N) is 1. The van der Waals surface area contributed by atoms with Gasteiger partial charge >= 0.3 is 6.09 Å². The van der Waals surface area contributed by atoms with Gasteiger partial charge in [-0.05, 0) is 60.8 Å². The lowest BCUT2D eigenvalue weighted by Crippen LogP contribution is -2.39. The Morgan fingerprint density at radius 1 is 1.07 bits per heavy atom. The monoisotopic (exact) mass is 379 g/mol. The number of hydrogen-bond donors (Lipinski definition) is 1. The molecule has 0 saturated carbocycles. The van der Waals surface area contributed by atoms with E-state index in [9.17, 15) is 9.90 Å². The second kappa shape index (κ2) is 8.36. The topological polar surface area (TPSA) is 49.8 Å². The van der Waals surface area contributed by atoms with Crippen molar-refractivity contribution in [1.29, 1.82) is 0 Å². The molecule has 4 heteroatoms. The van der Waals surface area contributed by atoms with Crippen LogP contribution in [0.3, 0.4) is 0 Å². The summed E-state index contributed by atoms with van der Waals surface area (Å²) in [6.45, 7) is 3.73. The lowest BCUT2D eigenvalue weighted by Gasteiger charge is -2.31. The molecule has 1 aliphatic heterocycles. The summed E-state index contributed by atoms with van der Waals surface area (Å²) in [5.74, 6) is 0.715. The molecule has 1 amide bonds. The number of fused-ring (bicyclic) bond motifs is 3. The Kier molecular flexibility index (Phi) is 5.67. The highest BCUT2D eigenvalue weighted by atomic mass is 16.6. The van der Waals surface area contributed by atoms with Gasteiger partial charge < -0.3 is 14.7 Å². The molecule has 0 bridgehead atoms. The van der Waals surface area contributed by atoms with E-state index in [1.54, 1.807) is 0 Å². The second-order valence-electron chi connectivity index (χ2n) is 8.16. The van der Waals surface area contributed by atoms with Gasteiger partial charge in [0.25, 0.3) is 0 Å². The number of likely N-dealkylation sites (tertiary alicyclic amines) is 1. The van der Waals surface area contributed by atoms with E-state index in [4.69, 9.17) is 4.74 Å². The zero-order valence-electron chi connectivity index (χ0n) is 16.5. The lowest BCUT2D eigenvalue weighted by molar-refractivity contribution is 0.0822. The van der Waals surface area contributed by atoms with Gasteiger partial charge in [-0.15, -0.1) is 0 Å². The molecule has 4 rings (SSSR count). The normalized spacial score (nSPS) is 17.9. The van der Waals surface area contributed by atoms with Crippen LogP contribution in [0.5, 0.6) is 0 Å². The molecule has 148 valence electrons. The van der Waals surface area contributed by atoms with Crippen molar-refractivity contribution in [3.8, 4) is 11.1 Å². The first kappa shape index (κ1) is 19.0. The molecule has 28 heavy (non-hydrogen) atoms. The number of carbonyl (C=O) groups excluding carboxylic acids is 1. The van der Waals surface area contributed by atoms with Gasteiger partial charge in [0, 0.05) is 19.0 Å². The predicted octanol–water partition coefficient (Wildman–Crippen LogP) is 4.81. The number of hydrogen-bond acceptors (Lipinski definition) is 3. The number of benzene rings is 2. The van der Waals surface area contributed by atoms with Crippen LogP contribution >= 0.6 is 0 Å². The van der Waals surface area contributed by atoms with E-state index < -0.39 is 0 Å². The second-order valence-corrected chi connectivity index (χ2v) is 8.16. The van der Waals surface area contributed by atoms with Crippen molar-refractivity contribution >= 4 is 6.09 Å². The van der Waals surface area contributed by atoms with Crippen molar-refractivity contribution in [2.24, 2.45) is 5.92 Å². The number of aliphatic hydroxyl groups excluding tert-OH is 1. The van der Waals surface area contributed by atoms with Crippen LogP contribution < -0.4 is 0 Å². The third kappa shape index (κ3) is 3.93. The van der Waals surface area contributed by atoms with Crippen molar-refractivity contribution in [2.45, 2.75) is 44.6 Å². The smallest absolute Gasteiger partial charge is 0.409 e. The van der Waals surface area contributed by atoms with Crippen molar-refractivity contribution in [1.82, 2.24) is 4.90 Å². The van der Waals surface area contributed by atoms with Gasteiger partial charge in [0.05, 0.1) is 6.10 Å². The quantitative estimate of drug-likeness (QED) is 0.811. The summed E-state index contributed by atoms with van der Waals surface area (Å²) in [6.07, 6.45) is 3.44. The first-order chi connectivity index (χ1) is 13.6. The third-order valence-corrected chi connectivity index (χ3v) is 6.20. The zero-order chi connectivity index (χ0) is 19.5. The molecule has 2 aliphatic rings. The molecule has 4 nitrogen and oxygen atoms in total. The molecule has 1 fully saturated rings. The minimum absolute atomic E-state index is 0.111. The van der Waals surface area contributed by atoms with Gasteiger partial charge in [0.15, 0.2) is 0 Å². The van der Waals surface area contributed by atoms with Crippen LogP contribution in [0.4, 0.5) is 4.79 Å². The Morgan fingerprint density at radius 2 is 1.64 bits per heavy atom. The number of rotatable bonds is 5. The Labute approximate surface area is 167 Å². The molecular weight excluding hydrogens is 350 g/mol. The van der Waals surface area contributed by atoms with Gasteiger partial charge in [0.1, 0.15) is 6.61 Å². The Morgan fingerprint density at radius 3 is 2.21 bits per heavy atom. The molecule has 1 aliphatic carbocycles. The summed E-state index contributed by atoms with van der Waals surface area (Å²) in [5.41, 5.74) is 4.98. The van der Waals surface area contributed by atoms with Crippen LogP contribution in [-0.2, 0) is 4.74 Å². The van der Waals surface area contributed by atoms with Crippen LogP contribution in [0.2, 0.25) is 0 Å². The standard InChI is InChI=1S/C24H29NO3/c1-17(26)10-11-18-12-14-25(15-13-18)24(27)28-16-23-21-8-4-2-6-19(21)20-7-3-5-9-22(20)23/h2-9,17-18,23,26H,10-16H2,1H3. The van der Waals surface area contributed by atoms with Crippen LogP contribution in [0.1, 0.15) is 49.7 Å². The largest absolute Gasteiger partial charge is 0.448 e. The Balaban J connectivity index is 1.35. The van der Waals surface area contributed by atoms with Crippen molar-refractivity contribution in [2.75, 3.05) is 19.7 Å². The highest BCUT2D eigenvalue weighted by Gasteiger charge is 2.30. The van der Waals surface area contributed by atoms with Crippen molar-refractivity contribution < 1.29 is 14.6 Å². The van der Waals surface area contributed by atoms with Crippen LogP contribution in [0, 0.1) is 5.92 Å². The van der Waals surface area contributed by atoms with E-state index in [-0.39, 0.29) is 18.1 Å². The molecule has 1 saturated heterocycles. The fraction of sp³-hybridized carbons (Fsp3) is 0.458. The molecule has 0 aromatic heterocycles. The SMILES string of the molecule is CC(O)CCC1CCN(C(=O)OCC2c3ccccc3-c3ccccc32)CC1. The average molecular weight is 380 g/mol. The van der Waals surface area contributed by atoms with E-state index in [1.165, 1.54) is 22.3 Å². The first-order valence-electron chi connectivity index (χ1n) is 10.4. The van der Waals surface area contributed by atoms with Crippen molar-refractivity contribution in [3.63, 3.8) is 0 Å². The summed E-state index contributed by atoms with van der Waals surface area (Å²) >= 11 is 0. The van der Waals surface area contributed by atoms with E-state index >= 15 is 0 Å². The molecule has 0 spiro atoms. The number of carbonyl (C=O) groups is 1.